The molecule has 17 heavy (non-hydrogen) atoms. The predicted molar refractivity (Wildman–Crippen MR) is 57.9 cm³/mol. The molecule has 0 bridgehead atoms. The van der Waals surface area contributed by atoms with Crippen LogP contribution in [0.25, 0.3) is 0 Å². The molecule has 0 fully saturated rings. The lowest BCUT2D eigenvalue weighted by atomic mass is 10.5. The molecule has 0 saturated heterocycles. The number of oxime groups is 1. The number of hydrogen-bond donors (Lipinski definition) is 1. The number of nitrogens with one attached hydrogen (secondary N) is 1. The number of nitrogens with zero attached hydrogens (tertiary/aromatic N) is 1. The first-order valence-corrected chi connectivity index (χ1v) is 5.38. The molecule has 1 amide bonds. The van der Waals surface area contributed by atoms with Crippen molar-refractivity contribution in [2.24, 2.45) is 5.16 Å². The fourth-order valence-electron chi connectivity index (χ4n) is 0.499. The van der Waals surface area contributed by atoms with E-state index in [9.17, 15) is 19.2 Å². The Morgan fingerprint density at radius 1 is 1.18 bits per heavy atom. The molecule has 0 saturated carbocycles. The zero-order chi connectivity index (χ0) is 13.4. The summed E-state index contributed by atoms with van der Waals surface area (Å²) in [5.74, 6) is -4.21. The zero-order valence-electron chi connectivity index (χ0n) is 9.30. The van der Waals surface area contributed by atoms with Crippen LogP contribution >= 0.6 is 11.8 Å². The third-order valence-corrected chi connectivity index (χ3v) is 1.85. The lowest BCUT2D eigenvalue weighted by Gasteiger charge is -2.03. The van der Waals surface area contributed by atoms with Gasteiger partial charge in [0.15, 0.2) is 0 Å². The highest BCUT2D eigenvalue weighted by Gasteiger charge is 2.16. The molecular formula is C8H10N2O6S. The van der Waals surface area contributed by atoms with Crippen LogP contribution in [0.4, 0.5) is 0 Å². The third kappa shape index (κ3) is 5.66. The molecule has 0 rings (SSSR count). The molecule has 1 N–H and O–H groups in total. The minimum atomic E-state index is -1.18. The smallest absolute Gasteiger partial charge is 0.400 e. The summed E-state index contributed by atoms with van der Waals surface area (Å²) >= 11 is 0.902. The number of esters is 1. The highest BCUT2D eigenvalue weighted by molar-refractivity contribution is 8.13. The lowest BCUT2D eigenvalue weighted by molar-refractivity contribution is -0.153. The molecule has 0 heterocycles. The van der Waals surface area contributed by atoms with Gasteiger partial charge in [0.1, 0.15) is 0 Å². The average molecular weight is 262 g/mol. The van der Waals surface area contributed by atoms with Crippen LogP contribution in [0, 0.1) is 0 Å². The highest BCUT2D eigenvalue weighted by atomic mass is 32.2. The number of carbonyl (C=O) groups excluding carboxylic acids is 4. The van der Waals surface area contributed by atoms with Crippen molar-refractivity contribution in [3.05, 3.63) is 0 Å². The van der Waals surface area contributed by atoms with Crippen molar-refractivity contribution in [1.29, 1.82) is 0 Å². The SMILES string of the molecule is COC(=O)C(=O)NC(=NOC(=O)C(C)=O)SC. The van der Waals surface area contributed by atoms with Crippen LogP contribution in [0.2, 0.25) is 0 Å². The van der Waals surface area contributed by atoms with Gasteiger partial charge < -0.3 is 9.57 Å². The van der Waals surface area contributed by atoms with E-state index in [-0.39, 0.29) is 5.17 Å². The number of ketones is 1. The normalized spacial score (nSPS) is 10.4. The standard InChI is InChI=1S/C8H10N2O6S/c1-4(11)6(13)16-10-8(17-3)9-5(12)7(14)15-2/h1-3H3,(H,9,10,12). The number of carbonyl (C=O) groups is 4. The molecule has 0 aromatic carbocycles. The van der Waals surface area contributed by atoms with Crippen LogP contribution in [0.5, 0.6) is 0 Å². The summed E-state index contributed by atoms with van der Waals surface area (Å²) in [5.41, 5.74) is 0. The van der Waals surface area contributed by atoms with E-state index in [0.29, 0.717) is 0 Å². The Morgan fingerprint density at radius 2 is 1.76 bits per heavy atom. The fourth-order valence-corrected chi connectivity index (χ4v) is 0.806. The third-order valence-electron chi connectivity index (χ3n) is 1.28. The van der Waals surface area contributed by atoms with E-state index >= 15 is 0 Å². The average Bonchev–Trinajstić information content (AvgIpc) is 2.32. The first-order chi connectivity index (χ1) is 7.92. The van der Waals surface area contributed by atoms with Crippen molar-refractivity contribution in [3.8, 4) is 0 Å². The van der Waals surface area contributed by atoms with Gasteiger partial charge in [0.2, 0.25) is 11.0 Å². The van der Waals surface area contributed by atoms with Gasteiger partial charge in [0.25, 0.3) is 0 Å². The van der Waals surface area contributed by atoms with Crippen LogP contribution in [-0.2, 0) is 28.8 Å². The largest absolute Gasteiger partial charge is 0.462 e. The summed E-state index contributed by atoms with van der Waals surface area (Å²) in [6.45, 7) is 1.00. The second-order valence-corrected chi connectivity index (χ2v) is 3.28. The van der Waals surface area contributed by atoms with Gasteiger partial charge in [0.05, 0.1) is 7.11 Å². The summed E-state index contributed by atoms with van der Waals surface area (Å²) < 4.78 is 4.14. The van der Waals surface area contributed by atoms with Crippen LogP contribution in [0.1, 0.15) is 6.92 Å². The Bertz CT molecular complexity index is 378. The number of rotatable bonds is 2. The highest BCUT2D eigenvalue weighted by Crippen LogP contribution is 1.96. The second kappa shape index (κ2) is 7.39. The lowest BCUT2D eigenvalue weighted by Crippen LogP contribution is -2.35. The number of Topliss-reactive ketones (excluding diaryl/α,β-unsaturated/α-hetero) is 1. The van der Waals surface area contributed by atoms with Crippen LogP contribution in [0.3, 0.4) is 0 Å². The Kier molecular flexibility index (Phi) is 6.56. The minimum absolute atomic E-state index is 0.157. The maximum Gasteiger partial charge on any atom is 0.400 e. The maximum atomic E-state index is 11.0. The predicted octanol–water partition coefficient (Wildman–Crippen LogP) is -0.958. The molecule has 94 valence electrons. The summed E-state index contributed by atoms with van der Waals surface area (Å²) in [6.07, 6.45) is 1.51. The van der Waals surface area contributed by atoms with Crippen molar-refractivity contribution >= 4 is 40.6 Å². The number of methoxy groups -OCH3 is 1. The Hall–Kier alpha value is -1.90. The first kappa shape index (κ1) is 15.1. The van der Waals surface area contributed by atoms with Gasteiger partial charge >= 0.3 is 17.8 Å². The van der Waals surface area contributed by atoms with Gasteiger partial charge in [0, 0.05) is 6.92 Å². The molecule has 0 aliphatic carbocycles. The van der Waals surface area contributed by atoms with Gasteiger partial charge in [-0.15, -0.1) is 0 Å². The van der Waals surface area contributed by atoms with Gasteiger partial charge in [-0.2, -0.15) is 0 Å². The molecule has 9 heteroatoms. The molecule has 0 spiro atoms. The summed E-state index contributed by atoms with van der Waals surface area (Å²) in [4.78, 5) is 47.2. The van der Waals surface area contributed by atoms with Gasteiger partial charge in [-0.3, -0.25) is 14.9 Å². The summed E-state index contributed by atoms with van der Waals surface area (Å²) in [7, 11) is 1.04. The maximum absolute atomic E-state index is 11.0. The van der Waals surface area contributed by atoms with Crippen LogP contribution < -0.4 is 5.32 Å². The van der Waals surface area contributed by atoms with Crippen LogP contribution in [-0.4, -0.2) is 42.2 Å². The van der Waals surface area contributed by atoms with Crippen molar-refractivity contribution in [1.82, 2.24) is 5.32 Å². The van der Waals surface area contributed by atoms with E-state index in [4.69, 9.17) is 0 Å². The topological polar surface area (TPSA) is 111 Å². The van der Waals surface area contributed by atoms with Gasteiger partial charge in [-0.05, 0) is 11.4 Å². The van der Waals surface area contributed by atoms with E-state index in [2.05, 4.69) is 14.7 Å². The van der Waals surface area contributed by atoms with Crippen molar-refractivity contribution in [2.45, 2.75) is 6.92 Å². The van der Waals surface area contributed by atoms with E-state index in [1.807, 2.05) is 5.32 Å². The summed E-state index contributed by atoms with van der Waals surface area (Å²) in [6, 6.07) is 0. The van der Waals surface area contributed by atoms with Crippen LogP contribution in [0.15, 0.2) is 5.16 Å². The molecule has 0 radical (unpaired) electrons. The zero-order valence-corrected chi connectivity index (χ0v) is 10.1. The number of thioether (sulfide) groups is 1. The molecule has 0 aromatic heterocycles. The molecule has 0 atom stereocenters. The van der Waals surface area contributed by atoms with Crippen molar-refractivity contribution < 1.29 is 28.8 Å². The summed E-state index contributed by atoms with van der Waals surface area (Å²) in [5, 5.41) is 5.05. The molecule has 0 aliphatic rings. The van der Waals surface area contributed by atoms with Gasteiger partial charge in [-0.25, -0.2) is 9.59 Å². The van der Waals surface area contributed by atoms with E-state index in [0.717, 1.165) is 25.8 Å². The number of amides is 1. The molecule has 0 aromatic rings. The molecule has 8 nitrogen and oxygen atoms in total. The van der Waals surface area contributed by atoms with E-state index in [1.54, 1.807) is 0 Å². The van der Waals surface area contributed by atoms with Crippen molar-refractivity contribution in [2.75, 3.05) is 13.4 Å². The number of ether oxygens (including phenoxy) is 1. The Labute approximate surface area is 101 Å². The molecule has 0 unspecified atom stereocenters. The Balaban J connectivity index is 4.48. The quantitative estimate of drug-likeness (QED) is 0.170. The second-order valence-electron chi connectivity index (χ2n) is 2.48. The monoisotopic (exact) mass is 262 g/mol. The minimum Gasteiger partial charge on any atom is -0.462 e. The van der Waals surface area contributed by atoms with Gasteiger partial charge in [-0.1, -0.05) is 11.8 Å². The number of amidine groups is 1. The molecular weight excluding hydrogens is 252 g/mol. The number of hydrogen-bond acceptors (Lipinski definition) is 8. The Morgan fingerprint density at radius 3 is 2.18 bits per heavy atom. The molecule has 0 aliphatic heterocycles. The first-order valence-electron chi connectivity index (χ1n) is 4.15. The van der Waals surface area contributed by atoms with Crippen molar-refractivity contribution in [3.63, 3.8) is 0 Å². The van der Waals surface area contributed by atoms with E-state index < -0.39 is 23.6 Å². The fraction of sp³-hybridized carbons (Fsp3) is 0.375. The van der Waals surface area contributed by atoms with E-state index in [1.165, 1.54) is 6.26 Å².